The third-order valence-electron chi connectivity index (χ3n) is 2.60. The molecule has 0 fully saturated rings. The maximum absolute atomic E-state index is 6.13. The Hall–Kier alpha value is -0.740. The summed E-state index contributed by atoms with van der Waals surface area (Å²) in [6, 6.07) is 9.73. The zero-order chi connectivity index (χ0) is 13.7. The molecule has 0 aliphatic carbocycles. The Morgan fingerprint density at radius 1 is 1.26 bits per heavy atom. The standard InChI is InChI=1S/C14H14Cl2N2S/c15-11-2-1-3-13(7-11)19-9-12(17)6-10-4-5-18-8-14(10)16/h1-5,7-8,12H,6,9,17H2. The van der Waals surface area contributed by atoms with Gasteiger partial charge in [0.05, 0.1) is 5.02 Å². The molecule has 0 saturated carbocycles. The van der Waals surface area contributed by atoms with Crippen LogP contribution in [0.25, 0.3) is 0 Å². The lowest BCUT2D eigenvalue weighted by Gasteiger charge is -2.12. The Morgan fingerprint density at radius 2 is 2.11 bits per heavy atom. The van der Waals surface area contributed by atoms with Crippen LogP contribution in [0.5, 0.6) is 0 Å². The highest BCUT2D eigenvalue weighted by atomic mass is 35.5. The average Bonchev–Trinajstić information content (AvgIpc) is 2.39. The normalized spacial score (nSPS) is 12.4. The van der Waals surface area contributed by atoms with Crippen LogP contribution in [-0.2, 0) is 6.42 Å². The summed E-state index contributed by atoms with van der Waals surface area (Å²) in [6.07, 6.45) is 4.13. The molecule has 1 heterocycles. The Balaban J connectivity index is 1.88. The maximum Gasteiger partial charge on any atom is 0.0621 e. The van der Waals surface area contributed by atoms with Crippen molar-refractivity contribution in [1.29, 1.82) is 0 Å². The number of nitrogens with zero attached hydrogens (tertiary/aromatic N) is 1. The predicted octanol–water partition coefficient (Wildman–Crippen LogP) is 4.05. The molecule has 0 radical (unpaired) electrons. The van der Waals surface area contributed by atoms with E-state index in [0.717, 1.165) is 27.7 Å². The minimum atomic E-state index is 0.0453. The van der Waals surface area contributed by atoms with Crippen LogP contribution < -0.4 is 5.73 Å². The Labute approximate surface area is 127 Å². The monoisotopic (exact) mass is 312 g/mol. The highest BCUT2D eigenvalue weighted by Crippen LogP contribution is 2.23. The summed E-state index contributed by atoms with van der Waals surface area (Å²) in [6.45, 7) is 0. The van der Waals surface area contributed by atoms with E-state index in [-0.39, 0.29) is 6.04 Å². The van der Waals surface area contributed by atoms with Gasteiger partial charge in [0.2, 0.25) is 0 Å². The van der Waals surface area contributed by atoms with Gasteiger partial charge in [-0.15, -0.1) is 11.8 Å². The summed E-state index contributed by atoms with van der Waals surface area (Å²) < 4.78 is 0. The van der Waals surface area contributed by atoms with Crippen molar-refractivity contribution >= 4 is 35.0 Å². The molecule has 5 heteroatoms. The molecule has 2 nitrogen and oxygen atoms in total. The minimum Gasteiger partial charge on any atom is -0.327 e. The fourth-order valence-electron chi connectivity index (χ4n) is 1.67. The molecule has 0 bridgehead atoms. The van der Waals surface area contributed by atoms with Crippen molar-refractivity contribution < 1.29 is 0 Å². The van der Waals surface area contributed by atoms with Crippen LogP contribution in [0.15, 0.2) is 47.6 Å². The van der Waals surface area contributed by atoms with E-state index in [2.05, 4.69) is 4.98 Å². The molecule has 100 valence electrons. The van der Waals surface area contributed by atoms with Gasteiger partial charge in [-0.25, -0.2) is 0 Å². The molecule has 0 aliphatic rings. The van der Waals surface area contributed by atoms with Crippen molar-refractivity contribution in [2.45, 2.75) is 17.4 Å². The van der Waals surface area contributed by atoms with Crippen LogP contribution in [0.1, 0.15) is 5.56 Å². The summed E-state index contributed by atoms with van der Waals surface area (Å²) in [7, 11) is 0. The van der Waals surface area contributed by atoms with Gasteiger partial charge in [0.25, 0.3) is 0 Å². The third-order valence-corrected chi connectivity index (χ3v) is 4.36. The van der Waals surface area contributed by atoms with Crippen molar-refractivity contribution in [3.8, 4) is 0 Å². The molecular formula is C14H14Cl2N2S. The number of pyridine rings is 1. The topological polar surface area (TPSA) is 38.9 Å². The van der Waals surface area contributed by atoms with E-state index in [9.17, 15) is 0 Å². The first-order chi connectivity index (χ1) is 9.15. The van der Waals surface area contributed by atoms with Gasteiger partial charge in [0.15, 0.2) is 0 Å². The molecule has 0 spiro atoms. The molecule has 1 unspecified atom stereocenters. The molecule has 1 aromatic heterocycles. The number of rotatable bonds is 5. The summed E-state index contributed by atoms with van der Waals surface area (Å²) in [4.78, 5) is 5.09. The number of hydrogen-bond acceptors (Lipinski definition) is 3. The van der Waals surface area contributed by atoms with E-state index < -0.39 is 0 Å². The Bertz CT molecular complexity index is 548. The van der Waals surface area contributed by atoms with E-state index in [4.69, 9.17) is 28.9 Å². The van der Waals surface area contributed by atoms with Crippen molar-refractivity contribution in [1.82, 2.24) is 4.98 Å². The first kappa shape index (κ1) is 14.7. The second-order valence-corrected chi connectivity index (χ2v) is 6.14. The molecule has 2 aromatic rings. The number of nitrogens with two attached hydrogens (primary N) is 1. The van der Waals surface area contributed by atoms with Crippen LogP contribution in [0, 0.1) is 0 Å². The fraction of sp³-hybridized carbons (Fsp3) is 0.214. The summed E-state index contributed by atoms with van der Waals surface area (Å²) >= 11 is 13.7. The van der Waals surface area contributed by atoms with Crippen molar-refractivity contribution in [2.75, 3.05) is 5.75 Å². The van der Waals surface area contributed by atoms with Crippen LogP contribution in [-0.4, -0.2) is 16.8 Å². The average molecular weight is 313 g/mol. The third kappa shape index (κ3) is 4.69. The van der Waals surface area contributed by atoms with Gasteiger partial charge in [-0.2, -0.15) is 0 Å². The SMILES string of the molecule is NC(CSc1cccc(Cl)c1)Cc1ccncc1Cl. The Kier molecular flexibility index (Phi) is 5.52. The summed E-state index contributed by atoms with van der Waals surface area (Å²) in [5.74, 6) is 0.818. The van der Waals surface area contributed by atoms with Crippen molar-refractivity contribution in [2.24, 2.45) is 5.73 Å². The maximum atomic E-state index is 6.13. The zero-order valence-corrected chi connectivity index (χ0v) is 12.6. The first-order valence-corrected chi connectivity index (χ1v) is 7.61. The minimum absolute atomic E-state index is 0.0453. The van der Waals surface area contributed by atoms with Gasteiger partial charge >= 0.3 is 0 Å². The molecule has 0 saturated heterocycles. The molecule has 0 amide bonds. The van der Waals surface area contributed by atoms with Gasteiger partial charge in [-0.05, 0) is 36.2 Å². The quantitative estimate of drug-likeness (QED) is 0.846. The van der Waals surface area contributed by atoms with E-state index in [1.54, 1.807) is 24.2 Å². The number of thioether (sulfide) groups is 1. The number of benzene rings is 1. The van der Waals surface area contributed by atoms with E-state index in [1.165, 1.54) is 0 Å². The summed E-state index contributed by atoms with van der Waals surface area (Å²) in [5.41, 5.74) is 7.17. The van der Waals surface area contributed by atoms with Crippen molar-refractivity contribution in [3.63, 3.8) is 0 Å². The number of aromatic nitrogens is 1. The van der Waals surface area contributed by atoms with Gasteiger partial charge in [0, 0.05) is 34.1 Å². The lowest BCUT2D eigenvalue weighted by Crippen LogP contribution is -2.25. The fourth-order valence-corrected chi connectivity index (χ4v) is 3.03. The van der Waals surface area contributed by atoms with E-state index in [0.29, 0.717) is 5.02 Å². The van der Waals surface area contributed by atoms with Gasteiger partial charge in [-0.3, -0.25) is 4.98 Å². The predicted molar refractivity (Wildman–Crippen MR) is 83.1 cm³/mol. The number of halogens is 2. The molecule has 2 N–H and O–H groups in total. The molecule has 1 aromatic carbocycles. The first-order valence-electron chi connectivity index (χ1n) is 5.87. The highest BCUT2D eigenvalue weighted by Gasteiger charge is 2.08. The van der Waals surface area contributed by atoms with Crippen LogP contribution >= 0.6 is 35.0 Å². The Morgan fingerprint density at radius 3 is 2.84 bits per heavy atom. The highest BCUT2D eigenvalue weighted by molar-refractivity contribution is 7.99. The van der Waals surface area contributed by atoms with Crippen LogP contribution in [0.2, 0.25) is 10.0 Å². The molecular weight excluding hydrogens is 299 g/mol. The van der Waals surface area contributed by atoms with Crippen molar-refractivity contribution in [3.05, 3.63) is 58.3 Å². The van der Waals surface area contributed by atoms with Gasteiger partial charge in [-0.1, -0.05) is 29.3 Å². The van der Waals surface area contributed by atoms with E-state index >= 15 is 0 Å². The second-order valence-electron chi connectivity index (χ2n) is 4.20. The lowest BCUT2D eigenvalue weighted by molar-refractivity contribution is 0.748. The molecule has 1 atom stereocenters. The zero-order valence-electron chi connectivity index (χ0n) is 10.2. The summed E-state index contributed by atoms with van der Waals surface area (Å²) in [5, 5.41) is 1.42. The second kappa shape index (κ2) is 7.15. The van der Waals surface area contributed by atoms with E-state index in [1.807, 2.05) is 30.3 Å². The molecule has 2 rings (SSSR count). The van der Waals surface area contributed by atoms with Crippen LogP contribution in [0.3, 0.4) is 0 Å². The van der Waals surface area contributed by atoms with Crippen LogP contribution in [0.4, 0.5) is 0 Å². The number of hydrogen-bond donors (Lipinski definition) is 1. The lowest BCUT2D eigenvalue weighted by atomic mass is 10.1. The molecule has 19 heavy (non-hydrogen) atoms. The van der Waals surface area contributed by atoms with Gasteiger partial charge < -0.3 is 5.73 Å². The smallest absolute Gasteiger partial charge is 0.0621 e. The molecule has 0 aliphatic heterocycles. The largest absolute Gasteiger partial charge is 0.327 e. The van der Waals surface area contributed by atoms with Gasteiger partial charge in [0.1, 0.15) is 0 Å².